The van der Waals surface area contributed by atoms with Crippen LogP contribution in [-0.2, 0) is 12.6 Å². The molecule has 0 aliphatic heterocycles. The summed E-state index contributed by atoms with van der Waals surface area (Å²) in [6, 6.07) is 16.2. The average Bonchev–Trinajstić information content (AvgIpc) is 2.67. The lowest BCUT2D eigenvalue weighted by Gasteiger charge is -2.13. The Labute approximate surface area is 167 Å². The van der Waals surface area contributed by atoms with Crippen LogP contribution in [0.4, 0.5) is 19.0 Å². The van der Waals surface area contributed by atoms with Crippen molar-refractivity contribution in [1.29, 1.82) is 5.26 Å². The first-order chi connectivity index (χ1) is 13.7. The molecule has 0 atom stereocenters. The molecule has 0 fully saturated rings. The van der Waals surface area contributed by atoms with Gasteiger partial charge in [0.1, 0.15) is 17.5 Å². The molecule has 0 aliphatic carbocycles. The van der Waals surface area contributed by atoms with E-state index in [0.29, 0.717) is 17.2 Å². The number of halogens is 3. The van der Waals surface area contributed by atoms with Crippen LogP contribution in [0.15, 0.2) is 54.6 Å². The summed E-state index contributed by atoms with van der Waals surface area (Å²) in [7, 11) is 0. The minimum Gasteiger partial charge on any atom is -0.383 e. The molecule has 1 heterocycles. The highest BCUT2D eigenvalue weighted by Crippen LogP contribution is 2.35. The minimum absolute atomic E-state index is 0.0105. The third kappa shape index (κ3) is 4.57. The van der Waals surface area contributed by atoms with Crippen LogP contribution in [-0.4, -0.2) is 4.98 Å². The molecule has 3 aromatic rings. The van der Waals surface area contributed by atoms with Crippen LogP contribution in [0.5, 0.6) is 0 Å². The van der Waals surface area contributed by atoms with Crippen LogP contribution < -0.4 is 5.73 Å². The molecule has 1 aromatic heterocycles. The molecule has 0 spiro atoms. The lowest BCUT2D eigenvalue weighted by molar-refractivity contribution is -0.137. The Bertz CT molecular complexity index is 1060. The minimum atomic E-state index is -4.48. The van der Waals surface area contributed by atoms with Crippen molar-refractivity contribution in [2.75, 3.05) is 5.73 Å². The molecule has 0 saturated carbocycles. The van der Waals surface area contributed by atoms with Crippen LogP contribution in [0.3, 0.4) is 0 Å². The first-order valence-corrected chi connectivity index (χ1v) is 9.16. The molecular formula is C23H20F3N3. The quantitative estimate of drug-likeness (QED) is 0.582. The van der Waals surface area contributed by atoms with Crippen molar-refractivity contribution in [3.05, 3.63) is 71.3 Å². The molecule has 0 amide bonds. The van der Waals surface area contributed by atoms with Gasteiger partial charge < -0.3 is 5.73 Å². The van der Waals surface area contributed by atoms with Crippen LogP contribution >= 0.6 is 0 Å². The van der Waals surface area contributed by atoms with Gasteiger partial charge in [-0.1, -0.05) is 50.2 Å². The van der Waals surface area contributed by atoms with Crippen LogP contribution in [0.1, 0.15) is 30.5 Å². The fourth-order valence-electron chi connectivity index (χ4n) is 3.20. The molecule has 0 unspecified atom stereocenters. The normalized spacial score (nSPS) is 11.5. The Morgan fingerprint density at radius 1 is 1.03 bits per heavy atom. The zero-order valence-electron chi connectivity index (χ0n) is 16.1. The number of rotatable bonds is 4. The van der Waals surface area contributed by atoms with Crippen LogP contribution in [0.2, 0.25) is 0 Å². The first kappa shape index (κ1) is 20.4. The van der Waals surface area contributed by atoms with Crippen molar-refractivity contribution in [2.45, 2.75) is 26.4 Å². The summed E-state index contributed by atoms with van der Waals surface area (Å²) in [5.74, 6) is 0.515. The topological polar surface area (TPSA) is 62.7 Å². The van der Waals surface area contributed by atoms with E-state index in [0.717, 1.165) is 24.1 Å². The molecule has 148 valence electrons. The highest BCUT2D eigenvalue weighted by Gasteiger charge is 2.30. The summed E-state index contributed by atoms with van der Waals surface area (Å²) >= 11 is 0. The largest absolute Gasteiger partial charge is 0.416 e. The maximum Gasteiger partial charge on any atom is 0.416 e. The molecule has 0 bridgehead atoms. The number of pyridine rings is 1. The molecule has 2 aromatic carbocycles. The maximum absolute atomic E-state index is 13.1. The molecule has 0 aliphatic rings. The Balaban J connectivity index is 2.10. The molecule has 2 N–H and O–H groups in total. The molecule has 0 saturated heterocycles. The zero-order chi connectivity index (χ0) is 21.2. The van der Waals surface area contributed by atoms with Gasteiger partial charge in [-0.15, -0.1) is 0 Å². The SMILES string of the molecule is CC(C)Cc1ccc(-c2cc(-c3cccc(C(F)(F)F)c3)c(C#N)c(N)n2)cc1. The van der Waals surface area contributed by atoms with Crippen molar-refractivity contribution in [3.8, 4) is 28.5 Å². The summed E-state index contributed by atoms with van der Waals surface area (Å²) in [5.41, 5.74) is 8.31. The Morgan fingerprint density at radius 2 is 1.72 bits per heavy atom. The van der Waals surface area contributed by atoms with E-state index in [4.69, 9.17) is 5.73 Å². The fourth-order valence-corrected chi connectivity index (χ4v) is 3.20. The molecule has 29 heavy (non-hydrogen) atoms. The standard InChI is InChI=1S/C23H20F3N3/c1-14(2)10-15-6-8-16(9-7-15)21-12-19(20(13-27)22(28)29-21)17-4-3-5-18(11-17)23(24,25)26/h3-9,11-12,14H,10H2,1-2H3,(H2,28,29). The number of nitrogen functional groups attached to an aromatic ring is 1. The number of nitrogens with two attached hydrogens (primary N) is 1. The van der Waals surface area contributed by atoms with E-state index in [1.807, 2.05) is 30.3 Å². The number of aromatic nitrogens is 1. The van der Waals surface area contributed by atoms with E-state index in [1.165, 1.54) is 17.7 Å². The van der Waals surface area contributed by atoms with Crippen molar-refractivity contribution in [1.82, 2.24) is 4.98 Å². The zero-order valence-corrected chi connectivity index (χ0v) is 16.1. The lowest BCUT2D eigenvalue weighted by Crippen LogP contribution is -2.05. The molecular weight excluding hydrogens is 375 g/mol. The molecule has 3 nitrogen and oxygen atoms in total. The predicted molar refractivity (Wildman–Crippen MR) is 108 cm³/mol. The van der Waals surface area contributed by atoms with Gasteiger partial charge in [0.2, 0.25) is 0 Å². The summed E-state index contributed by atoms with van der Waals surface area (Å²) < 4.78 is 39.3. The monoisotopic (exact) mass is 395 g/mol. The van der Waals surface area contributed by atoms with Crippen LogP contribution in [0.25, 0.3) is 22.4 Å². The smallest absolute Gasteiger partial charge is 0.383 e. The molecule has 3 rings (SSSR count). The first-order valence-electron chi connectivity index (χ1n) is 9.16. The predicted octanol–water partition coefficient (Wildman–Crippen LogP) is 6.09. The van der Waals surface area contributed by atoms with Crippen molar-refractivity contribution in [3.63, 3.8) is 0 Å². The van der Waals surface area contributed by atoms with Gasteiger partial charge in [-0.05, 0) is 41.7 Å². The van der Waals surface area contributed by atoms with Gasteiger partial charge in [0.05, 0.1) is 11.3 Å². The van der Waals surface area contributed by atoms with E-state index in [1.54, 1.807) is 6.07 Å². The lowest BCUT2D eigenvalue weighted by atomic mass is 9.96. The summed E-state index contributed by atoms with van der Waals surface area (Å²) in [6.45, 7) is 4.27. The van der Waals surface area contributed by atoms with Crippen molar-refractivity contribution >= 4 is 5.82 Å². The Hall–Kier alpha value is -3.33. The summed E-state index contributed by atoms with van der Waals surface area (Å²) in [6.07, 6.45) is -3.53. The Kier molecular flexibility index (Phi) is 5.60. The van der Waals surface area contributed by atoms with Gasteiger partial charge >= 0.3 is 6.18 Å². The third-order valence-corrected chi connectivity index (χ3v) is 4.55. The number of nitrogens with zero attached hydrogens (tertiary/aromatic N) is 2. The van der Waals surface area contributed by atoms with E-state index in [-0.39, 0.29) is 16.9 Å². The van der Waals surface area contributed by atoms with E-state index >= 15 is 0 Å². The van der Waals surface area contributed by atoms with E-state index in [2.05, 4.69) is 18.8 Å². The van der Waals surface area contributed by atoms with Gasteiger partial charge in [-0.3, -0.25) is 0 Å². The summed E-state index contributed by atoms with van der Waals surface area (Å²) in [4.78, 5) is 4.30. The van der Waals surface area contributed by atoms with Gasteiger partial charge in [0, 0.05) is 11.1 Å². The maximum atomic E-state index is 13.1. The van der Waals surface area contributed by atoms with Gasteiger partial charge in [-0.2, -0.15) is 18.4 Å². The highest BCUT2D eigenvalue weighted by atomic mass is 19.4. The van der Waals surface area contributed by atoms with Crippen molar-refractivity contribution in [2.24, 2.45) is 5.92 Å². The number of anilines is 1. The Morgan fingerprint density at radius 3 is 2.31 bits per heavy atom. The van der Waals surface area contributed by atoms with Gasteiger partial charge in [0.15, 0.2) is 0 Å². The number of hydrogen-bond donors (Lipinski definition) is 1. The highest BCUT2D eigenvalue weighted by molar-refractivity contribution is 5.80. The molecule has 6 heteroatoms. The van der Waals surface area contributed by atoms with Gasteiger partial charge in [0.25, 0.3) is 0 Å². The number of benzene rings is 2. The second kappa shape index (κ2) is 7.96. The van der Waals surface area contributed by atoms with E-state index in [9.17, 15) is 18.4 Å². The fraction of sp³-hybridized carbons (Fsp3) is 0.217. The average molecular weight is 395 g/mol. The second-order valence-electron chi connectivity index (χ2n) is 7.30. The summed E-state index contributed by atoms with van der Waals surface area (Å²) in [5, 5.41) is 9.48. The van der Waals surface area contributed by atoms with Gasteiger partial charge in [-0.25, -0.2) is 4.98 Å². The molecule has 0 radical (unpaired) electrons. The number of hydrogen-bond acceptors (Lipinski definition) is 3. The van der Waals surface area contributed by atoms with E-state index < -0.39 is 11.7 Å². The number of nitriles is 1. The van der Waals surface area contributed by atoms with Crippen molar-refractivity contribution < 1.29 is 13.2 Å². The van der Waals surface area contributed by atoms with Crippen LogP contribution in [0, 0.1) is 17.2 Å². The third-order valence-electron chi connectivity index (χ3n) is 4.55. The number of alkyl halides is 3. The second-order valence-corrected chi connectivity index (χ2v) is 7.30.